The van der Waals surface area contributed by atoms with Gasteiger partial charge in [-0.3, -0.25) is 0 Å². The van der Waals surface area contributed by atoms with Crippen LogP contribution in [0.5, 0.6) is 0 Å². The topological polar surface area (TPSA) is 36.0 Å². The molecule has 0 amide bonds. The maximum atomic E-state index is 9.51. The quantitative estimate of drug-likeness (QED) is 0.683. The first-order valence-electron chi connectivity index (χ1n) is 4.16. The molecule has 0 aliphatic carbocycles. The number of rotatable bonds is 4. The zero-order valence-electron chi connectivity index (χ0n) is 6.88. The second-order valence-corrected chi connectivity index (χ2v) is 2.78. The molecule has 1 aromatic heterocycles. The van der Waals surface area contributed by atoms with Gasteiger partial charge in [-0.05, 0) is 18.6 Å². The van der Waals surface area contributed by atoms with Crippen LogP contribution in [0.25, 0.3) is 0 Å². The van der Waals surface area contributed by atoms with Gasteiger partial charge >= 0.3 is 0 Å². The van der Waals surface area contributed by atoms with E-state index in [1.807, 2.05) is 18.3 Å². The zero-order chi connectivity index (χ0) is 8.10. The lowest BCUT2D eigenvalue weighted by atomic mass is 10.1. The molecule has 1 atom stereocenters. The van der Waals surface area contributed by atoms with Crippen LogP contribution in [-0.2, 0) is 0 Å². The third-order valence-corrected chi connectivity index (χ3v) is 1.81. The summed E-state index contributed by atoms with van der Waals surface area (Å²) < 4.78 is 0. The van der Waals surface area contributed by atoms with Crippen molar-refractivity contribution in [3.8, 4) is 0 Å². The number of hydrogen-bond acceptors (Lipinski definition) is 1. The van der Waals surface area contributed by atoms with Crippen LogP contribution in [0.15, 0.2) is 18.3 Å². The fraction of sp³-hybridized carbons (Fsp3) is 0.556. The van der Waals surface area contributed by atoms with Crippen molar-refractivity contribution >= 4 is 0 Å². The lowest BCUT2D eigenvalue weighted by molar-refractivity contribution is 0.160. The molecule has 0 saturated heterocycles. The van der Waals surface area contributed by atoms with E-state index in [1.54, 1.807) is 0 Å². The van der Waals surface area contributed by atoms with E-state index in [0.29, 0.717) is 0 Å². The molecule has 2 N–H and O–H groups in total. The number of H-pyrrole nitrogens is 1. The van der Waals surface area contributed by atoms with E-state index in [-0.39, 0.29) is 6.10 Å². The Balaban J connectivity index is 2.36. The Morgan fingerprint density at radius 3 is 3.00 bits per heavy atom. The molecule has 0 fully saturated rings. The SMILES string of the molecule is CCCCC(O)c1ccc[nH]1. The summed E-state index contributed by atoms with van der Waals surface area (Å²) in [5, 5.41) is 9.51. The lowest BCUT2D eigenvalue weighted by Gasteiger charge is -2.06. The molecule has 1 rings (SSSR count). The first-order valence-corrected chi connectivity index (χ1v) is 4.16. The van der Waals surface area contributed by atoms with Crippen LogP contribution in [0.4, 0.5) is 0 Å². The maximum Gasteiger partial charge on any atom is 0.0937 e. The number of aliphatic hydroxyl groups excluding tert-OH is 1. The second kappa shape index (κ2) is 4.19. The molecule has 62 valence electrons. The predicted octanol–water partition coefficient (Wildman–Crippen LogP) is 2.24. The average molecular weight is 153 g/mol. The molecule has 1 heterocycles. The monoisotopic (exact) mass is 153 g/mol. The Morgan fingerprint density at radius 2 is 2.45 bits per heavy atom. The molecule has 1 unspecified atom stereocenters. The van der Waals surface area contributed by atoms with Crippen LogP contribution in [0.3, 0.4) is 0 Å². The highest BCUT2D eigenvalue weighted by molar-refractivity contribution is 5.06. The number of unbranched alkanes of at least 4 members (excludes halogenated alkanes) is 1. The molecule has 1 aromatic rings. The van der Waals surface area contributed by atoms with E-state index >= 15 is 0 Å². The summed E-state index contributed by atoms with van der Waals surface area (Å²) in [6.45, 7) is 2.13. The largest absolute Gasteiger partial charge is 0.387 e. The minimum Gasteiger partial charge on any atom is -0.387 e. The summed E-state index contributed by atoms with van der Waals surface area (Å²) in [6.07, 6.45) is 4.62. The van der Waals surface area contributed by atoms with Crippen LogP contribution in [0, 0.1) is 0 Å². The lowest BCUT2D eigenvalue weighted by Crippen LogP contribution is -1.96. The molecule has 0 radical (unpaired) electrons. The van der Waals surface area contributed by atoms with Gasteiger partial charge in [0.1, 0.15) is 0 Å². The van der Waals surface area contributed by atoms with Crippen molar-refractivity contribution in [1.29, 1.82) is 0 Å². The molecule has 2 heteroatoms. The predicted molar refractivity (Wildman–Crippen MR) is 45.3 cm³/mol. The highest BCUT2D eigenvalue weighted by Crippen LogP contribution is 2.16. The Hall–Kier alpha value is -0.760. The van der Waals surface area contributed by atoms with E-state index in [0.717, 1.165) is 25.0 Å². The third kappa shape index (κ3) is 2.39. The summed E-state index contributed by atoms with van der Waals surface area (Å²) in [6, 6.07) is 3.82. The second-order valence-electron chi connectivity index (χ2n) is 2.78. The van der Waals surface area contributed by atoms with Crippen molar-refractivity contribution in [2.45, 2.75) is 32.3 Å². The third-order valence-electron chi connectivity index (χ3n) is 1.81. The molecule has 2 nitrogen and oxygen atoms in total. The molecular formula is C9H15NO. The Morgan fingerprint density at radius 1 is 1.64 bits per heavy atom. The van der Waals surface area contributed by atoms with Gasteiger partial charge < -0.3 is 10.1 Å². The number of aliphatic hydroxyl groups is 1. The first-order chi connectivity index (χ1) is 5.34. The highest BCUT2D eigenvalue weighted by Gasteiger charge is 2.05. The minimum absolute atomic E-state index is 0.301. The van der Waals surface area contributed by atoms with Gasteiger partial charge in [0, 0.05) is 11.9 Å². The van der Waals surface area contributed by atoms with Crippen molar-refractivity contribution in [3.05, 3.63) is 24.0 Å². The van der Waals surface area contributed by atoms with E-state index in [4.69, 9.17) is 0 Å². The van der Waals surface area contributed by atoms with E-state index in [9.17, 15) is 5.11 Å². The molecular weight excluding hydrogens is 138 g/mol. The van der Waals surface area contributed by atoms with Crippen molar-refractivity contribution in [2.75, 3.05) is 0 Å². The van der Waals surface area contributed by atoms with Gasteiger partial charge in [0.2, 0.25) is 0 Å². The van der Waals surface area contributed by atoms with Crippen LogP contribution >= 0.6 is 0 Å². The normalized spacial score (nSPS) is 13.3. The Kier molecular flexibility index (Phi) is 3.17. The summed E-state index contributed by atoms with van der Waals surface area (Å²) >= 11 is 0. The summed E-state index contributed by atoms with van der Waals surface area (Å²) in [5.74, 6) is 0. The van der Waals surface area contributed by atoms with Crippen LogP contribution in [-0.4, -0.2) is 10.1 Å². The average Bonchev–Trinajstić information content (AvgIpc) is 2.52. The van der Waals surface area contributed by atoms with Gasteiger partial charge in [-0.2, -0.15) is 0 Å². The molecule has 0 saturated carbocycles. The summed E-state index contributed by atoms with van der Waals surface area (Å²) in [4.78, 5) is 3.00. The van der Waals surface area contributed by atoms with Crippen LogP contribution < -0.4 is 0 Å². The van der Waals surface area contributed by atoms with Crippen molar-refractivity contribution in [3.63, 3.8) is 0 Å². The molecule has 11 heavy (non-hydrogen) atoms. The van der Waals surface area contributed by atoms with Gasteiger partial charge in [-0.15, -0.1) is 0 Å². The number of aromatic nitrogens is 1. The molecule has 0 aliphatic heterocycles. The Bertz CT molecular complexity index is 181. The smallest absolute Gasteiger partial charge is 0.0937 e. The van der Waals surface area contributed by atoms with E-state index < -0.39 is 0 Å². The number of hydrogen-bond donors (Lipinski definition) is 2. The van der Waals surface area contributed by atoms with Gasteiger partial charge in [0.05, 0.1) is 6.10 Å². The summed E-state index contributed by atoms with van der Waals surface area (Å²) in [5.41, 5.74) is 0.929. The fourth-order valence-corrected chi connectivity index (χ4v) is 1.10. The van der Waals surface area contributed by atoms with Crippen LogP contribution in [0.2, 0.25) is 0 Å². The van der Waals surface area contributed by atoms with Crippen molar-refractivity contribution in [2.24, 2.45) is 0 Å². The van der Waals surface area contributed by atoms with Gasteiger partial charge in [-0.25, -0.2) is 0 Å². The molecule has 0 aromatic carbocycles. The first kappa shape index (κ1) is 8.34. The number of nitrogens with one attached hydrogen (secondary N) is 1. The zero-order valence-corrected chi connectivity index (χ0v) is 6.88. The molecule has 0 aliphatic rings. The van der Waals surface area contributed by atoms with E-state index in [1.165, 1.54) is 0 Å². The number of aromatic amines is 1. The molecule has 0 bridgehead atoms. The highest BCUT2D eigenvalue weighted by atomic mass is 16.3. The summed E-state index contributed by atoms with van der Waals surface area (Å²) in [7, 11) is 0. The van der Waals surface area contributed by atoms with Gasteiger partial charge in [-0.1, -0.05) is 19.8 Å². The van der Waals surface area contributed by atoms with Gasteiger partial charge in [0.25, 0.3) is 0 Å². The molecule has 0 spiro atoms. The van der Waals surface area contributed by atoms with Crippen molar-refractivity contribution < 1.29 is 5.11 Å². The standard InChI is InChI=1S/C9H15NO/c1-2-3-6-9(11)8-5-4-7-10-8/h4-5,7,9-11H,2-3,6H2,1H3. The maximum absolute atomic E-state index is 9.51. The Labute approximate surface area is 67.3 Å². The van der Waals surface area contributed by atoms with Crippen LogP contribution in [0.1, 0.15) is 38.0 Å². The van der Waals surface area contributed by atoms with E-state index in [2.05, 4.69) is 11.9 Å². The van der Waals surface area contributed by atoms with Gasteiger partial charge in [0.15, 0.2) is 0 Å². The van der Waals surface area contributed by atoms with Crippen molar-refractivity contribution in [1.82, 2.24) is 4.98 Å². The fourth-order valence-electron chi connectivity index (χ4n) is 1.10. The minimum atomic E-state index is -0.301.